The van der Waals surface area contributed by atoms with Crippen LogP contribution in [-0.2, 0) is 32.7 Å². The van der Waals surface area contributed by atoms with Crippen molar-refractivity contribution in [2.75, 3.05) is 19.8 Å². The number of phosphoric acid groups is 1. The maximum atomic E-state index is 12.2. The molecule has 0 aliphatic heterocycles. The fourth-order valence-corrected chi connectivity index (χ4v) is 4.96. The van der Waals surface area contributed by atoms with Gasteiger partial charge < -0.3 is 25.2 Å². The van der Waals surface area contributed by atoms with Crippen molar-refractivity contribution in [1.29, 1.82) is 0 Å². The molecule has 0 spiro atoms. The average molecular weight is 636 g/mol. The number of aliphatic hydroxyl groups is 1. The lowest BCUT2D eigenvalue weighted by Gasteiger charge is -2.18. The van der Waals surface area contributed by atoms with Crippen molar-refractivity contribution in [3.63, 3.8) is 0 Å². The monoisotopic (exact) mass is 635 g/mol. The number of carboxylic acid groups (broad SMARTS) is 1. The minimum absolute atomic E-state index is 0.138. The van der Waals surface area contributed by atoms with Crippen LogP contribution < -0.4 is 5.32 Å². The molecular weight excluding hydrogens is 577 g/mol. The number of esters is 1. The van der Waals surface area contributed by atoms with E-state index in [0.29, 0.717) is 12.8 Å². The van der Waals surface area contributed by atoms with Gasteiger partial charge in [-0.2, -0.15) is 0 Å². The summed E-state index contributed by atoms with van der Waals surface area (Å²) in [5.41, 5.74) is 0. The molecular formula is C31H58NO10P. The summed E-state index contributed by atoms with van der Waals surface area (Å²) in [6, 6.07) is -1.54. The number of amides is 1. The zero-order chi connectivity index (χ0) is 32.2. The minimum atomic E-state index is -4.73. The Morgan fingerprint density at radius 2 is 1.21 bits per heavy atom. The Kier molecular flexibility index (Phi) is 26.6. The number of hydrogen-bond acceptors (Lipinski definition) is 8. The Morgan fingerprint density at radius 3 is 1.79 bits per heavy atom. The van der Waals surface area contributed by atoms with Crippen LogP contribution >= 0.6 is 7.82 Å². The van der Waals surface area contributed by atoms with Crippen LogP contribution in [0.3, 0.4) is 0 Å². The molecule has 0 bridgehead atoms. The number of carbonyl (C=O) groups is 3. The van der Waals surface area contributed by atoms with E-state index in [2.05, 4.69) is 28.9 Å². The van der Waals surface area contributed by atoms with Crippen molar-refractivity contribution >= 4 is 25.7 Å². The van der Waals surface area contributed by atoms with Crippen molar-refractivity contribution in [2.24, 2.45) is 0 Å². The van der Waals surface area contributed by atoms with Crippen LogP contribution in [0.15, 0.2) is 12.2 Å². The number of nitrogens with one attached hydrogen (secondary N) is 1. The van der Waals surface area contributed by atoms with E-state index in [1.807, 2.05) is 6.92 Å². The lowest BCUT2D eigenvalue weighted by molar-refractivity contribution is -0.147. The number of carboxylic acids is 1. The fourth-order valence-electron chi connectivity index (χ4n) is 4.19. The Hall–Kier alpha value is -1.78. The number of hydrogen-bond donors (Lipinski definition) is 4. The van der Waals surface area contributed by atoms with Gasteiger partial charge in [0.1, 0.15) is 12.7 Å². The highest BCUT2D eigenvalue weighted by atomic mass is 31.2. The topological polar surface area (TPSA) is 169 Å². The molecule has 0 radical (unpaired) electrons. The SMILES string of the molecule is CCCCCCCCC/C=C\CCCCCCCC(=O)NC(COP(=O)(O)OCC(O)COC(=O)CCCCC)C(=O)O. The van der Waals surface area contributed by atoms with E-state index in [4.69, 9.17) is 9.26 Å². The summed E-state index contributed by atoms with van der Waals surface area (Å²) in [4.78, 5) is 45.0. The van der Waals surface area contributed by atoms with Gasteiger partial charge in [0.05, 0.1) is 13.2 Å². The molecule has 0 aliphatic carbocycles. The van der Waals surface area contributed by atoms with E-state index < -0.39 is 57.6 Å². The van der Waals surface area contributed by atoms with Gasteiger partial charge in [0.25, 0.3) is 0 Å². The summed E-state index contributed by atoms with van der Waals surface area (Å²) in [6.45, 7) is 2.34. The molecule has 0 saturated carbocycles. The summed E-state index contributed by atoms with van der Waals surface area (Å²) in [6.07, 6.45) is 22.1. The number of unbranched alkanes of at least 4 members (excludes halogenated alkanes) is 14. The van der Waals surface area contributed by atoms with Crippen molar-refractivity contribution in [3.05, 3.63) is 12.2 Å². The molecule has 4 N–H and O–H groups in total. The Bertz CT molecular complexity index is 807. The molecule has 0 saturated heterocycles. The van der Waals surface area contributed by atoms with E-state index >= 15 is 0 Å². The molecule has 0 aromatic carbocycles. The first kappa shape index (κ1) is 41.2. The summed E-state index contributed by atoms with van der Waals surface area (Å²) >= 11 is 0. The number of aliphatic hydroxyl groups excluding tert-OH is 1. The molecule has 1 amide bonds. The van der Waals surface area contributed by atoms with Crippen molar-refractivity contribution in [1.82, 2.24) is 5.32 Å². The standard InChI is InChI=1S/C31H58NO10P/c1-3-5-7-8-9-10-11-12-13-14-15-16-17-18-19-21-22-29(34)32-28(31(36)37)26-42-43(38,39)41-25-27(33)24-40-30(35)23-20-6-4-2/h13-14,27-28,33H,3-12,15-26H2,1-2H3,(H,32,34)(H,36,37)(H,38,39)/b14-13-. The molecule has 11 nitrogen and oxygen atoms in total. The predicted octanol–water partition coefficient (Wildman–Crippen LogP) is 6.60. The third-order valence-electron chi connectivity index (χ3n) is 6.80. The van der Waals surface area contributed by atoms with Crippen LogP contribution in [0.25, 0.3) is 0 Å². The maximum Gasteiger partial charge on any atom is 0.472 e. The number of allylic oxidation sites excluding steroid dienone is 2. The van der Waals surface area contributed by atoms with Crippen molar-refractivity contribution < 1.29 is 47.8 Å². The summed E-state index contributed by atoms with van der Waals surface area (Å²) in [5, 5.41) is 21.5. The number of rotatable bonds is 30. The van der Waals surface area contributed by atoms with Crippen molar-refractivity contribution in [2.45, 2.75) is 148 Å². The molecule has 0 aliphatic rings. The highest BCUT2D eigenvalue weighted by Crippen LogP contribution is 2.43. The lowest BCUT2D eigenvalue weighted by atomic mass is 10.1. The zero-order valence-electron chi connectivity index (χ0n) is 26.5. The minimum Gasteiger partial charge on any atom is -0.480 e. The fraction of sp³-hybridized carbons (Fsp3) is 0.839. The van der Waals surface area contributed by atoms with E-state index in [1.165, 1.54) is 44.9 Å². The predicted molar refractivity (Wildman–Crippen MR) is 166 cm³/mol. The van der Waals surface area contributed by atoms with E-state index in [0.717, 1.165) is 51.4 Å². The molecule has 0 rings (SSSR count). The van der Waals surface area contributed by atoms with Gasteiger partial charge in [-0.3, -0.25) is 18.6 Å². The number of ether oxygens (including phenoxy) is 1. The molecule has 3 atom stereocenters. The van der Waals surface area contributed by atoms with Gasteiger partial charge in [-0.05, 0) is 38.5 Å². The van der Waals surface area contributed by atoms with E-state index in [1.54, 1.807) is 0 Å². The Morgan fingerprint density at radius 1 is 0.721 bits per heavy atom. The molecule has 0 heterocycles. The second kappa shape index (κ2) is 27.7. The van der Waals surface area contributed by atoms with Gasteiger partial charge in [-0.1, -0.05) is 96.6 Å². The largest absolute Gasteiger partial charge is 0.480 e. The highest BCUT2D eigenvalue weighted by Gasteiger charge is 2.28. The Balaban J connectivity index is 3.99. The number of phosphoric ester groups is 1. The summed E-state index contributed by atoms with van der Waals surface area (Å²) < 4.78 is 26.3. The van der Waals surface area contributed by atoms with Gasteiger partial charge in [0.2, 0.25) is 5.91 Å². The van der Waals surface area contributed by atoms with Crippen LogP contribution in [0.2, 0.25) is 0 Å². The van der Waals surface area contributed by atoms with Gasteiger partial charge in [-0.25, -0.2) is 9.36 Å². The van der Waals surface area contributed by atoms with Gasteiger partial charge in [0.15, 0.2) is 6.04 Å². The summed E-state index contributed by atoms with van der Waals surface area (Å²) in [5.74, 6) is -2.41. The van der Waals surface area contributed by atoms with Crippen LogP contribution in [0.1, 0.15) is 136 Å². The molecule has 12 heteroatoms. The first-order valence-corrected chi connectivity index (χ1v) is 17.7. The van der Waals surface area contributed by atoms with E-state index in [9.17, 15) is 34.1 Å². The first-order chi connectivity index (χ1) is 20.6. The summed E-state index contributed by atoms with van der Waals surface area (Å²) in [7, 11) is -4.73. The third-order valence-corrected chi connectivity index (χ3v) is 7.76. The third kappa shape index (κ3) is 27.5. The maximum absolute atomic E-state index is 12.2. The molecule has 252 valence electrons. The van der Waals surface area contributed by atoms with Crippen LogP contribution in [-0.4, -0.2) is 64.9 Å². The normalized spacial score (nSPS) is 14.3. The second-order valence-electron chi connectivity index (χ2n) is 11.0. The van der Waals surface area contributed by atoms with Gasteiger partial charge in [-0.15, -0.1) is 0 Å². The number of carbonyl (C=O) groups excluding carboxylic acids is 2. The molecule has 0 aromatic rings. The van der Waals surface area contributed by atoms with Crippen LogP contribution in [0.4, 0.5) is 0 Å². The van der Waals surface area contributed by atoms with Gasteiger partial charge >= 0.3 is 19.8 Å². The number of aliphatic carboxylic acids is 1. The molecule has 43 heavy (non-hydrogen) atoms. The van der Waals surface area contributed by atoms with Crippen LogP contribution in [0, 0.1) is 0 Å². The van der Waals surface area contributed by atoms with Crippen LogP contribution in [0.5, 0.6) is 0 Å². The second-order valence-corrected chi connectivity index (χ2v) is 12.5. The van der Waals surface area contributed by atoms with Gasteiger partial charge in [0, 0.05) is 12.8 Å². The quantitative estimate of drug-likeness (QED) is 0.0292. The lowest BCUT2D eigenvalue weighted by Crippen LogP contribution is -2.43. The Labute approximate surface area is 258 Å². The molecule has 0 fully saturated rings. The zero-order valence-corrected chi connectivity index (χ0v) is 27.4. The molecule has 0 aromatic heterocycles. The average Bonchev–Trinajstić information content (AvgIpc) is 2.97. The van der Waals surface area contributed by atoms with E-state index in [-0.39, 0.29) is 12.8 Å². The van der Waals surface area contributed by atoms with Crippen molar-refractivity contribution in [3.8, 4) is 0 Å². The molecule has 3 unspecified atom stereocenters. The first-order valence-electron chi connectivity index (χ1n) is 16.2. The smallest absolute Gasteiger partial charge is 0.472 e. The highest BCUT2D eigenvalue weighted by molar-refractivity contribution is 7.47.